The summed E-state index contributed by atoms with van der Waals surface area (Å²) in [6.45, 7) is 10.3. The largest absolute Gasteiger partial charge is 0.330 e. The van der Waals surface area contributed by atoms with E-state index in [1.165, 1.54) is 32.4 Å². The molecule has 1 aliphatic heterocycles. The van der Waals surface area contributed by atoms with Crippen LogP contribution in [0.15, 0.2) is 0 Å². The molecule has 1 rings (SSSR count). The lowest BCUT2D eigenvalue weighted by molar-refractivity contribution is 0.254. The van der Waals surface area contributed by atoms with Crippen molar-refractivity contribution in [3.8, 4) is 0 Å². The minimum Gasteiger partial charge on any atom is -0.330 e. The normalized spacial score (nSPS) is 28.9. The third-order valence-corrected chi connectivity index (χ3v) is 3.35. The van der Waals surface area contributed by atoms with E-state index in [1.807, 2.05) is 0 Å². The van der Waals surface area contributed by atoms with Crippen LogP contribution in [0.5, 0.6) is 0 Å². The van der Waals surface area contributed by atoms with Gasteiger partial charge in [-0.1, -0.05) is 13.8 Å². The smallest absolute Gasteiger partial charge is 0.00706 e. The van der Waals surface area contributed by atoms with Crippen LogP contribution in [-0.2, 0) is 0 Å². The molecule has 0 spiro atoms. The SMILES string of the molecule is CC(C)CCCN1CC(CN)CC1C. The lowest BCUT2D eigenvalue weighted by Gasteiger charge is -2.21. The molecule has 0 aromatic rings. The second-order valence-corrected chi connectivity index (χ2v) is 5.22. The zero-order valence-electron chi connectivity index (χ0n) is 10.00. The Bertz CT molecular complexity index is 156. The van der Waals surface area contributed by atoms with E-state index in [0.717, 1.165) is 24.4 Å². The monoisotopic (exact) mass is 198 g/mol. The quantitative estimate of drug-likeness (QED) is 0.733. The number of rotatable bonds is 5. The molecule has 0 saturated carbocycles. The van der Waals surface area contributed by atoms with E-state index in [-0.39, 0.29) is 0 Å². The van der Waals surface area contributed by atoms with Crippen molar-refractivity contribution < 1.29 is 0 Å². The van der Waals surface area contributed by atoms with Gasteiger partial charge in [0.2, 0.25) is 0 Å². The van der Waals surface area contributed by atoms with Gasteiger partial charge in [-0.25, -0.2) is 0 Å². The van der Waals surface area contributed by atoms with Gasteiger partial charge in [-0.3, -0.25) is 0 Å². The van der Waals surface area contributed by atoms with Gasteiger partial charge in [0, 0.05) is 12.6 Å². The lowest BCUT2D eigenvalue weighted by Crippen LogP contribution is -2.29. The van der Waals surface area contributed by atoms with E-state index in [0.29, 0.717) is 0 Å². The van der Waals surface area contributed by atoms with Crippen LogP contribution in [0.25, 0.3) is 0 Å². The van der Waals surface area contributed by atoms with Gasteiger partial charge in [-0.15, -0.1) is 0 Å². The Morgan fingerprint density at radius 2 is 2.14 bits per heavy atom. The second kappa shape index (κ2) is 5.72. The summed E-state index contributed by atoms with van der Waals surface area (Å²) in [6, 6.07) is 0.760. The summed E-state index contributed by atoms with van der Waals surface area (Å²) >= 11 is 0. The first-order valence-corrected chi connectivity index (χ1v) is 6.07. The highest BCUT2D eigenvalue weighted by atomic mass is 15.2. The summed E-state index contributed by atoms with van der Waals surface area (Å²) in [5.74, 6) is 1.60. The molecule has 0 bridgehead atoms. The molecule has 0 aliphatic carbocycles. The third-order valence-electron chi connectivity index (χ3n) is 3.35. The molecule has 0 aromatic carbocycles. The van der Waals surface area contributed by atoms with Crippen LogP contribution in [0.4, 0.5) is 0 Å². The number of likely N-dealkylation sites (tertiary alicyclic amines) is 1. The highest BCUT2D eigenvalue weighted by Crippen LogP contribution is 2.22. The van der Waals surface area contributed by atoms with Crippen LogP contribution in [0.1, 0.15) is 40.0 Å². The number of nitrogens with two attached hydrogens (primary N) is 1. The standard InChI is InChI=1S/C12H26N2/c1-10(2)5-4-6-14-9-12(8-13)7-11(14)3/h10-12H,4-9,13H2,1-3H3. The number of hydrogen-bond donors (Lipinski definition) is 1. The Morgan fingerprint density at radius 3 is 2.64 bits per heavy atom. The third kappa shape index (κ3) is 3.58. The van der Waals surface area contributed by atoms with Gasteiger partial charge in [0.05, 0.1) is 0 Å². The van der Waals surface area contributed by atoms with Crippen LogP contribution >= 0.6 is 0 Å². The molecule has 1 fully saturated rings. The first kappa shape index (κ1) is 12.0. The van der Waals surface area contributed by atoms with Crippen molar-refractivity contribution in [2.75, 3.05) is 19.6 Å². The molecule has 0 aromatic heterocycles. The molecule has 1 heterocycles. The zero-order chi connectivity index (χ0) is 10.6. The molecule has 2 atom stereocenters. The van der Waals surface area contributed by atoms with Crippen molar-refractivity contribution in [2.45, 2.75) is 46.1 Å². The Hall–Kier alpha value is -0.0800. The van der Waals surface area contributed by atoms with Crippen molar-refractivity contribution in [1.29, 1.82) is 0 Å². The summed E-state index contributed by atoms with van der Waals surface area (Å²) in [6.07, 6.45) is 4.01. The summed E-state index contributed by atoms with van der Waals surface area (Å²) in [5, 5.41) is 0. The maximum Gasteiger partial charge on any atom is 0.00706 e. The summed E-state index contributed by atoms with van der Waals surface area (Å²) in [5.41, 5.74) is 5.71. The van der Waals surface area contributed by atoms with E-state index < -0.39 is 0 Å². The Kier molecular flexibility index (Phi) is 4.90. The Labute approximate surface area is 88.8 Å². The topological polar surface area (TPSA) is 29.3 Å². The maximum atomic E-state index is 5.71. The molecule has 1 saturated heterocycles. The summed E-state index contributed by atoms with van der Waals surface area (Å²) in [7, 11) is 0. The molecule has 2 heteroatoms. The second-order valence-electron chi connectivity index (χ2n) is 5.22. The predicted octanol–water partition coefficient (Wildman–Crippen LogP) is 2.09. The molecule has 84 valence electrons. The highest BCUT2D eigenvalue weighted by molar-refractivity contribution is 4.82. The van der Waals surface area contributed by atoms with Crippen molar-refractivity contribution in [2.24, 2.45) is 17.6 Å². The van der Waals surface area contributed by atoms with Crippen LogP contribution < -0.4 is 5.73 Å². The summed E-state index contributed by atoms with van der Waals surface area (Å²) in [4.78, 5) is 2.61. The molecular weight excluding hydrogens is 172 g/mol. The fourth-order valence-electron chi connectivity index (χ4n) is 2.40. The molecule has 0 radical (unpaired) electrons. The highest BCUT2D eigenvalue weighted by Gasteiger charge is 2.27. The molecule has 14 heavy (non-hydrogen) atoms. The van der Waals surface area contributed by atoms with Crippen molar-refractivity contribution in [3.63, 3.8) is 0 Å². The van der Waals surface area contributed by atoms with Crippen molar-refractivity contribution in [3.05, 3.63) is 0 Å². The molecule has 2 unspecified atom stereocenters. The Balaban J connectivity index is 2.18. The maximum absolute atomic E-state index is 5.71. The van der Waals surface area contributed by atoms with E-state index in [9.17, 15) is 0 Å². The van der Waals surface area contributed by atoms with Gasteiger partial charge in [0.1, 0.15) is 0 Å². The van der Waals surface area contributed by atoms with Crippen LogP contribution in [0.2, 0.25) is 0 Å². The average Bonchev–Trinajstić information content (AvgIpc) is 2.47. The van der Waals surface area contributed by atoms with Crippen LogP contribution in [0.3, 0.4) is 0 Å². The predicted molar refractivity (Wildman–Crippen MR) is 62.3 cm³/mol. The molecule has 2 N–H and O–H groups in total. The average molecular weight is 198 g/mol. The lowest BCUT2D eigenvalue weighted by atomic mass is 10.1. The van der Waals surface area contributed by atoms with E-state index >= 15 is 0 Å². The molecule has 1 aliphatic rings. The fourth-order valence-corrected chi connectivity index (χ4v) is 2.40. The molecule has 2 nitrogen and oxygen atoms in total. The first-order chi connectivity index (χ1) is 6.63. The molecule has 0 amide bonds. The van der Waals surface area contributed by atoms with Crippen LogP contribution in [0, 0.1) is 11.8 Å². The minimum absolute atomic E-state index is 0.754. The number of nitrogens with zero attached hydrogens (tertiary/aromatic N) is 1. The first-order valence-electron chi connectivity index (χ1n) is 6.07. The molecular formula is C12H26N2. The van der Waals surface area contributed by atoms with Crippen molar-refractivity contribution in [1.82, 2.24) is 4.90 Å². The number of hydrogen-bond acceptors (Lipinski definition) is 2. The van der Waals surface area contributed by atoms with Gasteiger partial charge in [-0.05, 0) is 51.1 Å². The fraction of sp³-hybridized carbons (Fsp3) is 1.00. The van der Waals surface area contributed by atoms with Gasteiger partial charge in [0.25, 0.3) is 0 Å². The van der Waals surface area contributed by atoms with Gasteiger partial charge in [0.15, 0.2) is 0 Å². The summed E-state index contributed by atoms with van der Waals surface area (Å²) < 4.78 is 0. The minimum atomic E-state index is 0.754. The van der Waals surface area contributed by atoms with E-state index in [4.69, 9.17) is 5.73 Å². The van der Waals surface area contributed by atoms with E-state index in [1.54, 1.807) is 0 Å². The Morgan fingerprint density at radius 1 is 1.43 bits per heavy atom. The zero-order valence-corrected chi connectivity index (χ0v) is 10.00. The van der Waals surface area contributed by atoms with E-state index in [2.05, 4.69) is 25.7 Å². The van der Waals surface area contributed by atoms with Gasteiger partial charge in [-0.2, -0.15) is 0 Å². The van der Waals surface area contributed by atoms with Crippen LogP contribution in [-0.4, -0.2) is 30.6 Å². The van der Waals surface area contributed by atoms with Gasteiger partial charge >= 0.3 is 0 Å². The van der Waals surface area contributed by atoms with Gasteiger partial charge < -0.3 is 10.6 Å². The van der Waals surface area contributed by atoms with Crippen molar-refractivity contribution >= 4 is 0 Å².